The van der Waals surface area contributed by atoms with Gasteiger partial charge in [0.15, 0.2) is 0 Å². The van der Waals surface area contributed by atoms with Crippen molar-refractivity contribution in [1.29, 1.82) is 0 Å². The molecule has 1 aliphatic carbocycles. The first kappa shape index (κ1) is 22.3. The van der Waals surface area contributed by atoms with Crippen LogP contribution in [0.2, 0.25) is 0 Å². The second kappa shape index (κ2) is 9.00. The summed E-state index contributed by atoms with van der Waals surface area (Å²) in [5, 5.41) is 4.72. The topological polar surface area (TPSA) is 76.0 Å². The quantitative estimate of drug-likeness (QED) is 0.600. The number of hydrogen-bond acceptors (Lipinski definition) is 3. The van der Waals surface area contributed by atoms with Gasteiger partial charge in [0, 0.05) is 25.7 Å². The molecule has 6 nitrogen and oxygen atoms in total. The van der Waals surface area contributed by atoms with Gasteiger partial charge in [0.2, 0.25) is 0 Å². The molecular formula is C25H29FN4O2S. The van der Waals surface area contributed by atoms with E-state index in [1.165, 1.54) is 23.3 Å². The van der Waals surface area contributed by atoms with E-state index in [2.05, 4.69) is 27.6 Å². The molecule has 1 saturated heterocycles. The van der Waals surface area contributed by atoms with Gasteiger partial charge in [0.25, 0.3) is 10.2 Å². The van der Waals surface area contributed by atoms with Crippen LogP contribution in [0.1, 0.15) is 30.4 Å². The molecule has 0 spiro atoms. The van der Waals surface area contributed by atoms with Crippen molar-refractivity contribution in [2.45, 2.75) is 32.1 Å². The van der Waals surface area contributed by atoms with E-state index >= 15 is 0 Å². The fraction of sp³-hybridized carbons (Fsp3) is 0.400. The van der Waals surface area contributed by atoms with Crippen molar-refractivity contribution < 1.29 is 12.8 Å². The number of nitrogens with zero attached hydrogens (tertiary/aromatic N) is 2. The van der Waals surface area contributed by atoms with Crippen molar-refractivity contribution in [2.24, 2.45) is 18.9 Å². The molecule has 0 radical (unpaired) electrons. The lowest BCUT2D eigenvalue weighted by Gasteiger charge is -2.29. The zero-order chi connectivity index (χ0) is 23.0. The van der Waals surface area contributed by atoms with Crippen molar-refractivity contribution in [3.8, 4) is 22.5 Å². The van der Waals surface area contributed by atoms with Crippen LogP contribution in [0.3, 0.4) is 0 Å². The molecule has 5 rings (SSSR count). The van der Waals surface area contributed by atoms with Crippen LogP contribution in [0.4, 0.5) is 4.39 Å². The smallest absolute Gasteiger partial charge is 0.267 e. The predicted molar refractivity (Wildman–Crippen MR) is 127 cm³/mol. The number of rotatable bonds is 2. The lowest BCUT2D eigenvalue weighted by molar-refractivity contribution is 0.350. The fourth-order valence-electron chi connectivity index (χ4n) is 5.07. The molecule has 0 amide bonds. The third-order valence-electron chi connectivity index (χ3n) is 6.93. The number of aromatic nitrogens is 2. The highest BCUT2D eigenvalue weighted by Gasteiger charge is 2.25. The van der Waals surface area contributed by atoms with Gasteiger partial charge in [-0.25, -0.2) is 13.8 Å². The van der Waals surface area contributed by atoms with Gasteiger partial charge >= 0.3 is 0 Å². The number of hydrogen-bond donors (Lipinski definition) is 2. The molecule has 1 fully saturated rings. The lowest BCUT2D eigenvalue weighted by atomic mass is 9.80. The third kappa shape index (κ3) is 5.03. The Hall–Kier alpha value is -2.55. The van der Waals surface area contributed by atoms with Crippen LogP contribution < -0.4 is 9.44 Å². The largest absolute Gasteiger partial charge is 0.276 e. The Labute approximate surface area is 194 Å². The van der Waals surface area contributed by atoms with Gasteiger partial charge in [-0.15, -0.1) is 0 Å². The van der Waals surface area contributed by atoms with E-state index < -0.39 is 10.2 Å². The zero-order valence-corrected chi connectivity index (χ0v) is 19.5. The molecule has 1 aromatic heterocycles. The van der Waals surface area contributed by atoms with E-state index in [-0.39, 0.29) is 11.7 Å². The first-order valence-electron chi connectivity index (χ1n) is 11.5. The van der Waals surface area contributed by atoms with E-state index in [9.17, 15) is 12.8 Å². The zero-order valence-electron chi connectivity index (χ0n) is 18.7. The van der Waals surface area contributed by atoms with Gasteiger partial charge in [-0.1, -0.05) is 12.1 Å². The Bertz CT molecular complexity index is 1250. The second-order valence-corrected chi connectivity index (χ2v) is 10.9. The Balaban J connectivity index is 1.47. The number of aryl methyl sites for hydroxylation is 1. The summed E-state index contributed by atoms with van der Waals surface area (Å²) < 4.78 is 44.9. The van der Waals surface area contributed by atoms with Crippen LogP contribution >= 0.6 is 0 Å². The van der Waals surface area contributed by atoms with Crippen molar-refractivity contribution in [2.75, 3.05) is 13.1 Å². The standard InChI is InChI=1S/C25H29FN4O2S/c1-30-25(19-6-8-23(26)9-7-19)15-24(29-30)21-5-4-20-12-17-2-3-18(13-22(20)14-21)16-28-33(31,32)27-11-10-17/h4-9,14-15,17-18,27-28H,2-3,10-13,16H2,1H3/t17-,18-/m1/s1. The van der Waals surface area contributed by atoms with Gasteiger partial charge in [-0.05, 0) is 97.0 Å². The molecule has 2 atom stereocenters. The van der Waals surface area contributed by atoms with Crippen molar-refractivity contribution >= 4 is 10.2 Å². The molecule has 174 valence electrons. The van der Waals surface area contributed by atoms with Crippen LogP contribution in [-0.2, 0) is 30.1 Å². The highest BCUT2D eigenvalue weighted by atomic mass is 32.2. The minimum Gasteiger partial charge on any atom is -0.267 e. The van der Waals surface area contributed by atoms with Gasteiger partial charge in [-0.2, -0.15) is 13.5 Å². The van der Waals surface area contributed by atoms with E-state index in [0.29, 0.717) is 19.0 Å². The van der Waals surface area contributed by atoms with Crippen LogP contribution in [0.15, 0.2) is 48.5 Å². The summed E-state index contributed by atoms with van der Waals surface area (Å²) in [6.07, 6.45) is 4.80. The summed E-state index contributed by atoms with van der Waals surface area (Å²) in [5.74, 6) is 0.474. The minimum atomic E-state index is -3.43. The molecule has 33 heavy (non-hydrogen) atoms. The fourth-order valence-corrected chi connectivity index (χ4v) is 6.01. The number of benzene rings is 2. The summed E-state index contributed by atoms with van der Waals surface area (Å²) in [6, 6.07) is 15.1. The number of halogens is 1. The molecule has 2 bridgehead atoms. The molecule has 0 unspecified atom stereocenters. The average molecular weight is 469 g/mol. The predicted octanol–water partition coefficient (Wildman–Crippen LogP) is 3.83. The molecule has 2 heterocycles. The maximum atomic E-state index is 13.3. The maximum absolute atomic E-state index is 13.3. The number of nitrogens with one attached hydrogen (secondary N) is 2. The molecule has 2 N–H and O–H groups in total. The SMILES string of the molecule is Cn1nc(-c2ccc3c(c2)C[C@H]2CC[C@H](CCNS(=O)(=O)NC2)C3)cc1-c1ccc(F)cc1. The monoisotopic (exact) mass is 468 g/mol. The molecule has 3 aromatic rings. The molecule has 2 aromatic carbocycles. The van der Waals surface area contributed by atoms with Crippen LogP contribution in [0.25, 0.3) is 22.5 Å². The Kier molecular flexibility index (Phi) is 6.07. The summed E-state index contributed by atoms with van der Waals surface area (Å²) in [4.78, 5) is 0. The van der Waals surface area contributed by atoms with Crippen molar-refractivity contribution in [1.82, 2.24) is 19.2 Å². The lowest BCUT2D eigenvalue weighted by Crippen LogP contribution is -2.41. The molecule has 0 saturated carbocycles. The van der Waals surface area contributed by atoms with Crippen LogP contribution in [-0.4, -0.2) is 31.3 Å². The van der Waals surface area contributed by atoms with E-state index in [1.54, 1.807) is 12.1 Å². The van der Waals surface area contributed by atoms with E-state index in [4.69, 9.17) is 5.10 Å². The van der Waals surface area contributed by atoms with E-state index in [1.807, 2.05) is 17.8 Å². The van der Waals surface area contributed by atoms with Crippen LogP contribution in [0.5, 0.6) is 0 Å². The van der Waals surface area contributed by atoms with E-state index in [0.717, 1.165) is 54.6 Å². The van der Waals surface area contributed by atoms with Gasteiger partial charge < -0.3 is 0 Å². The van der Waals surface area contributed by atoms with Gasteiger partial charge in [0.1, 0.15) is 5.82 Å². The Morgan fingerprint density at radius 1 is 0.909 bits per heavy atom. The Morgan fingerprint density at radius 3 is 2.45 bits per heavy atom. The Morgan fingerprint density at radius 2 is 1.64 bits per heavy atom. The maximum Gasteiger partial charge on any atom is 0.276 e. The van der Waals surface area contributed by atoms with Crippen molar-refractivity contribution in [3.63, 3.8) is 0 Å². The third-order valence-corrected chi connectivity index (χ3v) is 8.06. The summed E-state index contributed by atoms with van der Waals surface area (Å²) in [5.41, 5.74) is 6.40. The molecular weight excluding hydrogens is 439 g/mol. The summed E-state index contributed by atoms with van der Waals surface area (Å²) in [6.45, 7) is 0.919. The minimum absolute atomic E-state index is 0.256. The molecule has 2 aliphatic rings. The molecule has 1 aliphatic heterocycles. The number of fused-ring (bicyclic) bond motifs is 4. The molecule has 8 heteroatoms. The average Bonchev–Trinajstić information content (AvgIpc) is 3.16. The first-order chi connectivity index (χ1) is 15.9. The second-order valence-electron chi connectivity index (χ2n) is 9.28. The highest BCUT2D eigenvalue weighted by molar-refractivity contribution is 7.87. The van der Waals surface area contributed by atoms with Crippen molar-refractivity contribution in [3.05, 3.63) is 65.5 Å². The van der Waals surface area contributed by atoms with Gasteiger partial charge in [-0.3, -0.25) is 4.68 Å². The highest BCUT2D eigenvalue weighted by Crippen LogP contribution is 2.33. The first-order valence-corrected chi connectivity index (χ1v) is 13.0. The summed E-state index contributed by atoms with van der Waals surface area (Å²) in [7, 11) is -1.53. The van der Waals surface area contributed by atoms with Gasteiger partial charge in [0.05, 0.1) is 11.4 Å². The van der Waals surface area contributed by atoms with Crippen LogP contribution in [0, 0.1) is 17.7 Å². The summed E-state index contributed by atoms with van der Waals surface area (Å²) >= 11 is 0. The normalized spacial score (nSPS) is 22.8.